The predicted molar refractivity (Wildman–Crippen MR) is 73.0 cm³/mol. The van der Waals surface area contributed by atoms with Crippen LogP contribution in [0.1, 0.15) is 13.3 Å². The molecule has 7 nitrogen and oxygen atoms in total. The highest BCUT2D eigenvalue weighted by atomic mass is 79.9. The van der Waals surface area contributed by atoms with Crippen molar-refractivity contribution in [1.82, 2.24) is 9.78 Å². The van der Waals surface area contributed by atoms with Crippen LogP contribution in [-0.4, -0.2) is 40.6 Å². The lowest BCUT2D eigenvalue weighted by Gasteiger charge is -2.09. The molecule has 1 heterocycles. The quantitative estimate of drug-likeness (QED) is 0.700. The Morgan fingerprint density at radius 2 is 2.37 bits per heavy atom. The summed E-state index contributed by atoms with van der Waals surface area (Å²) in [6.45, 7) is 2.42. The molecule has 0 saturated carbocycles. The van der Waals surface area contributed by atoms with Crippen LogP contribution in [0.2, 0.25) is 0 Å². The summed E-state index contributed by atoms with van der Waals surface area (Å²) in [5.74, 6) is -0.298. The summed E-state index contributed by atoms with van der Waals surface area (Å²) in [5, 5.41) is 15.6. The standard InChI is InChI=1S/C11H16BrN3O4/c1-2-19-9(17)3-4-13-8-7-14-15(5-6-16)11(18)10(8)12/h7,13,16H,2-6H2,1H3. The first-order valence-electron chi connectivity index (χ1n) is 5.86. The summed E-state index contributed by atoms with van der Waals surface area (Å²) < 4.78 is 6.26. The number of nitrogens with zero attached hydrogens (tertiary/aromatic N) is 2. The van der Waals surface area contributed by atoms with E-state index in [1.807, 2.05) is 0 Å². The van der Waals surface area contributed by atoms with Gasteiger partial charge in [-0.05, 0) is 22.9 Å². The van der Waals surface area contributed by atoms with Gasteiger partial charge in [0.1, 0.15) is 4.47 Å². The minimum absolute atomic E-state index is 0.139. The first-order valence-corrected chi connectivity index (χ1v) is 6.65. The molecule has 19 heavy (non-hydrogen) atoms. The monoisotopic (exact) mass is 333 g/mol. The molecule has 0 aliphatic heterocycles. The van der Waals surface area contributed by atoms with E-state index in [9.17, 15) is 9.59 Å². The fraction of sp³-hybridized carbons (Fsp3) is 0.545. The molecule has 0 aliphatic rings. The number of aromatic nitrogens is 2. The van der Waals surface area contributed by atoms with Gasteiger partial charge in [0, 0.05) is 6.54 Å². The Hall–Kier alpha value is -1.41. The third-order valence-corrected chi connectivity index (χ3v) is 3.01. The highest BCUT2D eigenvalue weighted by molar-refractivity contribution is 9.10. The summed E-state index contributed by atoms with van der Waals surface area (Å²) in [6.07, 6.45) is 1.67. The third-order valence-electron chi connectivity index (χ3n) is 2.25. The van der Waals surface area contributed by atoms with E-state index in [4.69, 9.17) is 9.84 Å². The van der Waals surface area contributed by atoms with Crippen molar-refractivity contribution in [3.8, 4) is 0 Å². The number of carbonyl (C=O) groups is 1. The van der Waals surface area contributed by atoms with E-state index in [0.29, 0.717) is 23.3 Å². The zero-order chi connectivity index (χ0) is 14.3. The SMILES string of the molecule is CCOC(=O)CCNc1cnn(CCO)c(=O)c1Br. The molecule has 0 unspecified atom stereocenters. The van der Waals surface area contributed by atoms with Gasteiger partial charge in [0.05, 0.1) is 38.1 Å². The molecule has 0 aliphatic carbocycles. The van der Waals surface area contributed by atoms with E-state index in [2.05, 4.69) is 26.3 Å². The van der Waals surface area contributed by atoms with Gasteiger partial charge in [0.2, 0.25) is 0 Å². The average Bonchev–Trinajstić information content (AvgIpc) is 2.38. The third kappa shape index (κ3) is 4.64. The van der Waals surface area contributed by atoms with E-state index >= 15 is 0 Å². The van der Waals surface area contributed by atoms with Gasteiger partial charge in [0.25, 0.3) is 5.56 Å². The van der Waals surface area contributed by atoms with Crippen molar-refractivity contribution in [2.75, 3.05) is 25.1 Å². The zero-order valence-corrected chi connectivity index (χ0v) is 12.1. The lowest BCUT2D eigenvalue weighted by atomic mass is 10.4. The minimum Gasteiger partial charge on any atom is -0.466 e. The molecule has 8 heteroatoms. The van der Waals surface area contributed by atoms with Crippen LogP contribution in [0.5, 0.6) is 0 Å². The van der Waals surface area contributed by atoms with E-state index in [0.717, 1.165) is 4.68 Å². The second kappa shape index (κ2) is 7.90. The van der Waals surface area contributed by atoms with Crippen LogP contribution >= 0.6 is 15.9 Å². The number of halogens is 1. The molecule has 0 aromatic carbocycles. The van der Waals surface area contributed by atoms with Crippen molar-refractivity contribution in [3.05, 3.63) is 21.0 Å². The van der Waals surface area contributed by atoms with Crippen LogP contribution in [0.25, 0.3) is 0 Å². The molecule has 106 valence electrons. The molecule has 0 amide bonds. The van der Waals surface area contributed by atoms with Gasteiger partial charge in [-0.2, -0.15) is 5.10 Å². The topological polar surface area (TPSA) is 93.4 Å². The average molecular weight is 334 g/mol. The maximum absolute atomic E-state index is 11.8. The van der Waals surface area contributed by atoms with E-state index in [1.165, 1.54) is 6.20 Å². The van der Waals surface area contributed by atoms with Crippen molar-refractivity contribution in [1.29, 1.82) is 0 Å². The molecular formula is C11H16BrN3O4. The smallest absolute Gasteiger partial charge is 0.307 e. The maximum atomic E-state index is 11.8. The van der Waals surface area contributed by atoms with Gasteiger partial charge in [-0.1, -0.05) is 0 Å². The summed E-state index contributed by atoms with van der Waals surface area (Å²) >= 11 is 3.17. The van der Waals surface area contributed by atoms with E-state index in [-0.39, 0.29) is 31.1 Å². The molecule has 0 bridgehead atoms. The number of hydrogen-bond acceptors (Lipinski definition) is 6. The predicted octanol–water partition coefficient (Wildman–Crippen LogP) is 0.363. The number of aliphatic hydroxyl groups is 1. The highest BCUT2D eigenvalue weighted by Crippen LogP contribution is 2.15. The number of aliphatic hydroxyl groups excluding tert-OH is 1. The second-order valence-corrected chi connectivity index (χ2v) is 4.40. The Labute approximate surface area is 118 Å². The molecule has 0 atom stereocenters. The summed E-state index contributed by atoms with van der Waals surface area (Å²) in [7, 11) is 0. The highest BCUT2D eigenvalue weighted by Gasteiger charge is 2.09. The molecule has 0 fully saturated rings. The number of carbonyl (C=O) groups excluding carboxylic acids is 1. The number of nitrogens with one attached hydrogen (secondary N) is 1. The van der Waals surface area contributed by atoms with Gasteiger partial charge >= 0.3 is 5.97 Å². The Balaban J connectivity index is 2.62. The van der Waals surface area contributed by atoms with Gasteiger partial charge in [-0.25, -0.2) is 4.68 Å². The molecule has 0 radical (unpaired) electrons. The van der Waals surface area contributed by atoms with Crippen LogP contribution in [0, 0.1) is 0 Å². The zero-order valence-electron chi connectivity index (χ0n) is 10.6. The van der Waals surface area contributed by atoms with Crippen LogP contribution in [0.4, 0.5) is 5.69 Å². The van der Waals surface area contributed by atoms with Crippen molar-refractivity contribution in [3.63, 3.8) is 0 Å². The van der Waals surface area contributed by atoms with Crippen molar-refractivity contribution in [2.45, 2.75) is 19.9 Å². The van der Waals surface area contributed by atoms with Crippen LogP contribution < -0.4 is 10.9 Å². The Morgan fingerprint density at radius 1 is 1.63 bits per heavy atom. The van der Waals surface area contributed by atoms with Crippen molar-refractivity contribution in [2.24, 2.45) is 0 Å². The second-order valence-electron chi connectivity index (χ2n) is 3.61. The first-order chi connectivity index (χ1) is 9.10. The molecule has 2 N–H and O–H groups in total. The number of ether oxygens (including phenoxy) is 1. The van der Waals surface area contributed by atoms with Crippen LogP contribution in [0.15, 0.2) is 15.5 Å². The number of rotatable bonds is 7. The molecule has 0 saturated heterocycles. The van der Waals surface area contributed by atoms with Gasteiger partial charge in [-0.15, -0.1) is 0 Å². The Bertz CT molecular complexity index is 489. The fourth-order valence-electron chi connectivity index (χ4n) is 1.37. The van der Waals surface area contributed by atoms with Gasteiger partial charge in [0.15, 0.2) is 0 Å². The summed E-state index contributed by atoms with van der Waals surface area (Å²) in [4.78, 5) is 22.9. The molecule has 0 spiro atoms. The largest absolute Gasteiger partial charge is 0.466 e. The molecule has 1 aromatic heterocycles. The summed E-state index contributed by atoms with van der Waals surface area (Å²) in [6, 6.07) is 0. The van der Waals surface area contributed by atoms with E-state index in [1.54, 1.807) is 6.92 Å². The van der Waals surface area contributed by atoms with Gasteiger partial charge < -0.3 is 15.2 Å². The summed E-state index contributed by atoms with van der Waals surface area (Å²) in [5.41, 5.74) is 0.165. The lowest BCUT2D eigenvalue weighted by molar-refractivity contribution is -0.142. The van der Waals surface area contributed by atoms with Crippen molar-refractivity contribution >= 4 is 27.6 Å². The van der Waals surface area contributed by atoms with Gasteiger partial charge in [-0.3, -0.25) is 9.59 Å². The maximum Gasteiger partial charge on any atom is 0.307 e. The fourth-order valence-corrected chi connectivity index (χ4v) is 1.82. The van der Waals surface area contributed by atoms with Crippen LogP contribution in [0.3, 0.4) is 0 Å². The lowest BCUT2D eigenvalue weighted by Crippen LogP contribution is -2.26. The first kappa shape index (κ1) is 15.6. The number of esters is 1. The van der Waals surface area contributed by atoms with Crippen LogP contribution in [-0.2, 0) is 16.1 Å². The molecular weight excluding hydrogens is 318 g/mol. The molecule has 1 rings (SSSR count). The number of hydrogen-bond donors (Lipinski definition) is 2. The normalized spacial score (nSPS) is 10.3. The molecule has 1 aromatic rings. The Morgan fingerprint density at radius 3 is 3.00 bits per heavy atom. The van der Waals surface area contributed by atoms with E-state index < -0.39 is 0 Å². The minimum atomic E-state index is -0.338. The Kier molecular flexibility index (Phi) is 6.51. The number of anilines is 1. The van der Waals surface area contributed by atoms with Crippen molar-refractivity contribution < 1.29 is 14.6 Å².